The first-order valence-corrected chi connectivity index (χ1v) is 16.1. The number of para-hydroxylation sites is 2. The first kappa shape index (κ1) is 30.6. The molecule has 1 fully saturated rings. The number of fused-ring (bicyclic) bond motifs is 2. The van der Waals surface area contributed by atoms with Crippen molar-refractivity contribution in [3.05, 3.63) is 114 Å². The van der Waals surface area contributed by atoms with Gasteiger partial charge in [0.15, 0.2) is 0 Å². The second-order valence-electron chi connectivity index (χ2n) is 12.2. The Balaban J connectivity index is 0.000000351. The molecule has 1 saturated carbocycles. The molecule has 5 nitrogen and oxygen atoms in total. The van der Waals surface area contributed by atoms with Crippen molar-refractivity contribution in [2.45, 2.75) is 78.4 Å². The highest BCUT2D eigenvalue weighted by Crippen LogP contribution is 2.35. The van der Waals surface area contributed by atoms with Crippen molar-refractivity contribution in [3.8, 4) is 5.75 Å². The first-order valence-electron chi connectivity index (χ1n) is 16.1. The lowest BCUT2D eigenvalue weighted by Crippen LogP contribution is -2.22. The maximum absolute atomic E-state index is 6.11. The number of hydrogen-bond donors (Lipinski definition) is 2. The number of anilines is 1. The largest absolute Gasteiger partial charge is 0.487 e. The molecular weight excluding hydrogens is 528 g/mol. The van der Waals surface area contributed by atoms with Gasteiger partial charge >= 0.3 is 0 Å². The van der Waals surface area contributed by atoms with E-state index in [-0.39, 0.29) is 0 Å². The Bertz CT molecular complexity index is 1490. The van der Waals surface area contributed by atoms with Gasteiger partial charge < -0.3 is 15.1 Å². The molecular formula is C38H48N4O. The minimum atomic E-state index is 0.448. The third kappa shape index (κ3) is 8.17. The van der Waals surface area contributed by atoms with Crippen LogP contribution in [0.2, 0.25) is 0 Å². The predicted octanol–water partition coefficient (Wildman–Crippen LogP) is 8.51. The van der Waals surface area contributed by atoms with Crippen molar-refractivity contribution in [3.63, 3.8) is 0 Å². The Morgan fingerprint density at radius 1 is 1.07 bits per heavy atom. The molecule has 6 rings (SSSR count). The Morgan fingerprint density at radius 3 is 2.70 bits per heavy atom. The Labute approximate surface area is 258 Å². The molecule has 1 atom stereocenters. The molecule has 0 saturated heterocycles. The molecule has 0 bridgehead atoms. The first-order chi connectivity index (χ1) is 21.0. The van der Waals surface area contributed by atoms with E-state index in [1.807, 2.05) is 30.3 Å². The molecule has 0 radical (unpaired) electrons. The van der Waals surface area contributed by atoms with Crippen LogP contribution in [0.25, 0.3) is 10.9 Å². The fourth-order valence-electron chi connectivity index (χ4n) is 6.34. The summed E-state index contributed by atoms with van der Waals surface area (Å²) in [5.41, 5.74) is 10.8. The second-order valence-corrected chi connectivity index (χ2v) is 12.2. The van der Waals surface area contributed by atoms with Crippen LogP contribution in [0.1, 0.15) is 74.8 Å². The number of hydrazine groups is 1. The van der Waals surface area contributed by atoms with Gasteiger partial charge in [-0.1, -0.05) is 107 Å². The molecule has 226 valence electrons. The zero-order chi connectivity index (χ0) is 30.0. The van der Waals surface area contributed by atoms with Crippen LogP contribution in [0, 0.1) is 11.8 Å². The van der Waals surface area contributed by atoms with Gasteiger partial charge in [0.05, 0.1) is 11.2 Å². The predicted molar refractivity (Wildman–Crippen MR) is 180 cm³/mol. The highest BCUT2D eigenvalue weighted by atomic mass is 16.5. The fourth-order valence-corrected chi connectivity index (χ4v) is 6.34. The van der Waals surface area contributed by atoms with Gasteiger partial charge in [0.1, 0.15) is 12.4 Å². The van der Waals surface area contributed by atoms with Gasteiger partial charge in [-0.05, 0) is 72.1 Å². The van der Waals surface area contributed by atoms with E-state index in [1.165, 1.54) is 54.5 Å². The maximum Gasteiger partial charge on any atom is 0.130 e. The van der Waals surface area contributed by atoms with Gasteiger partial charge in [-0.25, -0.2) is 4.98 Å². The van der Waals surface area contributed by atoms with Crippen LogP contribution in [0.5, 0.6) is 5.75 Å². The molecule has 1 aromatic heterocycles. The minimum absolute atomic E-state index is 0.448. The molecule has 1 aliphatic carbocycles. The van der Waals surface area contributed by atoms with Gasteiger partial charge in [0.25, 0.3) is 0 Å². The molecule has 2 aliphatic rings. The smallest absolute Gasteiger partial charge is 0.130 e. The van der Waals surface area contributed by atoms with Crippen molar-refractivity contribution in [2.24, 2.45) is 17.7 Å². The van der Waals surface area contributed by atoms with E-state index in [1.54, 1.807) is 0 Å². The minimum Gasteiger partial charge on any atom is -0.487 e. The van der Waals surface area contributed by atoms with E-state index >= 15 is 0 Å². The monoisotopic (exact) mass is 576 g/mol. The average Bonchev–Trinajstić information content (AvgIpc) is 3.41. The number of nitrogens with zero attached hydrogens (tertiary/aromatic N) is 2. The summed E-state index contributed by atoms with van der Waals surface area (Å²) in [4.78, 5) is 7.19. The van der Waals surface area contributed by atoms with Crippen molar-refractivity contribution in [1.82, 2.24) is 10.4 Å². The second kappa shape index (κ2) is 15.1. The van der Waals surface area contributed by atoms with Crippen LogP contribution in [-0.4, -0.2) is 11.5 Å². The molecule has 5 heteroatoms. The molecule has 4 aromatic rings. The summed E-state index contributed by atoms with van der Waals surface area (Å²) in [6.07, 6.45) is 10.2. The summed E-state index contributed by atoms with van der Waals surface area (Å²) in [7, 11) is 0. The van der Waals surface area contributed by atoms with Gasteiger partial charge in [-0.15, -0.1) is 0 Å². The summed E-state index contributed by atoms with van der Waals surface area (Å²) in [6.45, 7) is 11.0. The lowest BCUT2D eigenvalue weighted by Gasteiger charge is -2.31. The molecule has 43 heavy (non-hydrogen) atoms. The lowest BCUT2D eigenvalue weighted by molar-refractivity contribution is 0.209. The van der Waals surface area contributed by atoms with E-state index in [0.29, 0.717) is 6.61 Å². The SMILES string of the molecule is C=C(CCc1cccc2c1N(Cc1cccc(OCc3ccc4ccccc4n3)c1)CC2)NN.CCCC(C)C1CCC1. The molecule has 3 N–H and O–H groups in total. The number of nitrogens with two attached hydrogens (primary N) is 1. The van der Waals surface area contributed by atoms with Crippen LogP contribution < -0.4 is 20.9 Å². The van der Waals surface area contributed by atoms with Gasteiger partial charge in [0.2, 0.25) is 0 Å². The fraction of sp³-hybridized carbons (Fsp3) is 0.395. The Kier molecular flexibility index (Phi) is 10.7. The summed E-state index contributed by atoms with van der Waals surface area (Å²) in [5, 5.41) is 1.14. The number of rotatable bonds is 12. The third-order valence-corrected chi connectivity index (χ3v) is 9.08. The third-order valence-electron chi connectivity index (χ3n) is 9.08. The van der Waals surface area contributed by atoms with E-state index in [9.17, 15) is 0 Å². The summed E-state index contributed by atoms with van der Waals surface area (Å²) in [6, 6.07) is 27.3. The summed E-state index contributed by atoms with van der Waals surface area (Å²) in [5.74, 6) is 8.49. The quantitative estimate of drug-likeness (QED) is 0.131. The molecule has 0 spiro atoms. The number of pyridine rings is 1. The van der Waals surface area contributed by atoms with Crippen LogP contribution in [0.4, 0.5) is 5.69 Å². The number of nitrogens with one attached hydrogen (secondary N) is 1. The lowest BCUT2D eigenvalue weighted by atomic mass is 9.75. The van der Waals surface area contributed by atoms with Crippen LogP contribution in [-0.2, 0) is 26.0 Å². The van der Waals surface area contributed by atoms with E-state index in [0.717, 1.165) is 72.2 Å². The van der Waals surface area contributed by atoms with E-state index in [4.69, 9.17) is 15.6 Å². The van der Waals surface area contributed by atoms with Crippen LogP contribution in [0.3, 0.4) is 0 Å². The maximum atomic E-state index is 6.11. The average molecular weight is 577 g/mol. The van der Waals surface area contributed by atoms with Crippen molar-refractivity contribution in [2.75, 3.05) is 11.4 Å². The van der Waals surface area contributed by atoms with Crippen LogP contribution >= 0.6 is 0 Å². The van der Waals surface area contributed by atoms with Crippen molar-refractivity contribution in [1.29, 1.82) is 0 Å². The summed E-state index contributed by atoms with van der Waals surface area (Å²) < 4.78 is 6.11. The number of hydrogen-bond acceptors (Lipinski definition) is 5. The summed E-state index contributed by atoms with van der Waals surface area (Å²) >= 11 is 0. The Morgan fingerprint density at radius 2 is 1.91 bits per heavy atom. The Hall–Kier alpha value is -3.83. The normalized spacial score (nSPS) is 14.8. The molecule has 1 unspecified atom stereocenters. The standard InChI is InChI=1S/C29H30N4O.C9H18/c1-21(32-30)12-13-24-8-5-9-25-16-17-33(29(24)25)19-22-6-4-10-27(18-22)34-20-26-15-14-23-7-2-3-11-28(23)31-26;1-3-5-8(2)9-6-4-7-9/h2-11,14-15,18,32H,1,12-13,16-17,19-20,30H2;8-9H,3-7H2,1-2H3. The molecule has 3 aromatic carbocycles. The van der Waals surface area contributed by atoms with Crippen molar-refractivity contribution >= 4 is 16.6 Å². The molecule has 1 aliphatic heterocycles. The zero-order valence-electron chi connectivity index (χ0n) is 26.0. The number of aryl methyl sites for hydroxylation is 1. The molecule has 2 heterocycles. The van der Waals surface area contributed by atoms with Crippen LogP contribution in [0.15, 0.2) is 91.1 Å². The molecule has 0 amide bonds. The van der Waals surface area contributed by atoms with Gasteiger partial charge in [0, 0.05) is 29.9 Å². The van der Waals surface area contributed by atoms with Crippen molar-refractivity contribution < 1.29 is 4.74 Å². The topological polar surface area (TPSA) is 63.4 Å². The van der Waals surface area contributed by atoms with Gasteiger partial charge in [-0.2, -0.15) is 0 Å². The van der Waals surface area contributed by atoms with E-state index in [2.05, 4.69) is 79.3 Å². The highest BCUT2D eigenvalue weighted by molar-refractivity contribution is 5.78. The number of allylic oxidation sites excluding steroid dienone is 1. The number of benzene rings is 3. The number of ether oxygens (including phenoxy) is 1. The van der Waals surface area contributed by atoms with E-state index < -0.39 is 0 Å². The highest BCUT2D eigenvalue weighted by Gasteiger charge is 2.23. The van der Waals surface area contributed by atoms with Gasteiger partial charge in [-0.3, -0.25) is 5.84 Å². The zero-order valence-corrected chi connectivity index (χ0v) is 26.0. The number of aromatic nitrogens is 1.